The molecule has 1 aromatic carbocycles. The summed E-state index contributed by atoms with van der Waals surface area (Å²) in [6, 6.07) is 4.44. The number of alkyl halides is 3. The monoisotopic (exact) mass is 286 g/mol. The fraction of sp³-hybridized carbons (Fsp3) is 0.308. The summed E-state index contributed by atoms with van der Waals surface area (Å²) in [6.45, 7) is 3.94. The molecule has 1 N–H and O–H groups in total. The lowest BCUT2D eigenvalue weighted by atomic mass is 10.2. The van der Waals surface area contributed by atoms with Gasteiger partial charge >= 0.3 is 6.18 Å². The molecule has 0 amide bonds. The Bertz CT molecular complexity index is 576. The Morgan fingerprint density at radius 3 is 2.40 bits per heavy atom. The molecule has 7 heteroatoms. The van der Waals surface area contributed by atoms with Crippen molar-refractivity contribution in [3.05, 3.63) is 35.5 Å². The first-order valence-corrected chi connectivity index (χ1v) is 5.94. The van der Waals surface area contributed by atoms with E-state index in [0.717, 1.165) is 12.1 Å². The Labute approximate surface area is 113 Å². The Balaban J connectivity index is 2.20. The third-order valence-electron chi connectivity index (χ3n) is 2.54. The van der Waals surface area contributed by atoms with Crippen LogP contribution in [0.25, 0.3) is 0 Å². The number of hydrogen-bond acceptors (Lipinski definition) is 3. The zero-order chi connectivity index (χ0) is 14.8. The number of benzene rings is 1. The average molecular weight is 286 g/mol. The van der Waals surface area contributed by atoms with E-state index >= 15 is 0 Å². The summed E-state index contributed by atoms with van der Waals surface area (Å²) in [7, 11) is 0. The molecule has 0 radical (unpaired) electrons. The summed E-state index contributed by atoms with van der Waals surface area (Å²) >= 11 is 0. The lowest BCUT2D eigenvalue weighted by molar-refractivity contribution is -0.137. The molecule has 0 saturated heterocycles. The highest BCUT2D eigenvalue weighted by molar-refractivity contribution is 5.42. The minimum Gasteiger partial charge on any atom is -0.474 e. The predicted molar refractivity (Wildman–Crippen MR) is 66.0 cm³/mol. The molecule has 0 aliphatic heterocycles. The fourth-order valence-corrected chi connectivity index (χ4v) is 1.58. The van der Waals surface area contributed by atoms with Crippen molar-refractivity contribution in [2.24, 2.45) is 0 Å². The first-order valence-electron chi connectivity index (χ1n) is 5.94. The Morgan fingerprint density at radius 2 is 1.85 bits per heavy atom. The fourth-order valence-electron chi connectivity index (χ4n) is 1.58. The molecule has 0 atom stereocenters. The standard InChI is InChI=1S/C13H13F3N2O2/c1-3-19-12-11(8(2)17-18-12)20-10-6-4-9(5-7-10)13(14,15)16/h4-7H,3H2,1-2H3,(H,17,18). The third kappa shape index (κ3) is 3.04. The average Bonchev–Trinajstić information content (AvgIpc) is 2.72. The number of hydrogen-bond donors (Lipinski definition) is 1. The van der Waals surface area contributed by atoms with Crippen molar-refractivity contribution in [1.82, 2.24) is 10.2 Å². The molecule has 1 aromatic heterocycles. The molecule has 0 spiro atoms. The minimum absolute atomic E-state index is 0.281. The van der Waals surface area contributed by atoms with Gasteiger partial charge in [0.15, 0.2) is 0 Å². The van der Waals surface area contributed by atoms with Crippen LogP contribution in [0.1, 0.15) is 18.2 Å². The van der Waals surface area contributed by atoms with Crippen LogP contribution >= 0.6 is 0 Å². The second-order valence-electron chi connectivity index (χ2n) is 4.04. The van der Waals surface area contributed by atoms with E-state index < -0.39 is 11.7 Å². The molecule has 2 rings (SSSR count). The van der Waals surface area contributed by atoms with Crippen molar-refractivity contribution in [3.8, 4) is 17.4 Å². The van der Waals surface area contributed by atoms with Crippen LogP contribution in [0.4, 0.5) is 13.2 Å². The van der Waals surface area contributed by atoms with Gasteiger partial charge in [-0.1, -0.05) is 0 Å². The normalized spacial score (nSPS) is 11.4. The van der Waals surface area contributed by atoms with Crippen LogP contribution in [-0.2, 0) is 6.18 Å². The largest absolute Gasteiger partial charge is 0.474 e. The second-order valence-corrected chi connectivity index (χ2v) is 4.04. The van der Waals surface area contributed by atoms with Crippen LogP contribution in [0.2, 0.25) is 0 Å². The molecule has 2 aromatic rings. The number of rotatable bonds is 4. The number of aromatic nitrogens is 2. The van der Waals surface area contributed by atoms with E-state index in [2.05, 4.69) is 10.2 Å². The summed E-state index contributed by atoms with van der Waals surface area (Å²) in [5.74, 6) is 0.931. The highest BCUT2D eigenvalue weighted by Gasteiger charge is 2.30. The van der Waals surface area contributed by atoms with Crippen molar-refractivity contribution in [1.29, 1.82) is 0 Å². The lowest BCUT2D eigenvalue weighted by Crippen LogP contribution is -2.04. The highest BCUT2D eigenvalue weighted by Crippen LogP contribution is 2.35. The van der Waals surface area contributed by atoms with Gasteiger partial charge in [-0.2, -0.15) is 13.2 Å². The van der Waals surface area contributed by atoms with E-state index in [1.807, 2.05) is 0 Å². The van der Waals surface area contributed by atoms with Gasteiger partial charge in [0.05, 0.1) is 17.9 Å². The van der Waals surface area contributed by atoms with Gasteiger partial charge in [0, 0.05) is 0 Å². The zero-order valence-electron chi connectivity index (χ0n) is 10.9. The molecular formula is C13H13F3N2O2. The third-order valence-corrected chi connectivity index (χ3v) is 2.54. The summed E-state index contributed by atoms with van der Waals surface area (Å²) < 4.78 is 48.1. The van der Waals surface area contributed by atoms with E-state index in [1.165, 1.54) is 12.1 Å². The SMILES string of the molecule is CCOc1n[nH]c(C)c1Oc1ccc(C(F)(F)F)cc1. The van der Waals surface area contributed by atoms with Crippen molar-refractivity contribution in [2.75, 3.05) is 6.61 Å². The second kappa shape index (κ2) is 5.44. The number of ether oxygens (including phenoxy) is 2. The molecule has 20 heavy (non-hydrogen) atoms. The van der Waals surface area contributed by atoms with Crippen LogP contribution in [0.15, 0.2) is 24.3 Å². The minimum atomic E-state index is -4.36. The zero-order valence-corrected chi connectivity index (χ0v) is 10.9. The van der Waals surface area contributed by atoms with Gasteiger partial charge in [0.1, 0.15) is 5.75 Å². The van der Waals surface area contributed by atoms with Crippen molar-refractivity contribution >= 4 is 0 Å². The maximum atomic E-state index is 12.4. The quantitative estimate of drug-likeness (QED) is 0.926. The maximum Gasteiger partial charge on any atom is 0.416 e. The molecule has 0 aliphatic carbocycles. The first kappa shape index (κ1) is 14.2. The van der Waals surface area contributed by atoms with E-state index in [1.54, 1.807) is 13.8 Å². The van der Waals surface area contributed by atoms with Gasteiger partial charge in [-0.3, -0.25) is 5.10 Å². The Kier molecular flexibility index (Phi) is 3.87. The summed E-state index contributed by atoms with van der Waals surface area (Å²) in [5.41, 5.74) is -0.0906. The molecule has 1 heterocycles. The molecule has 0 aliphatic rings. The summed E-state index contributed by atoms with van der Waals surface area (Å²) in [6.07, 6.45) is -4.36. The topological polar surface area (TPSA) is 47.1 Å². The van der Waals surface area contributed by atoms with Crippen LogP contribution in [0.3, 0.4) is 0 Å². The van der Waals surface area contributed by atoms with Gasteiger partial charge in [0.25, 0.3) is 5.88 Å². The van der Waals surface area contributed by atoms with Crippen LogP contribution in [-0.4, -0.2) is 16.8 Å². The first-order chi connectivity index (χ1) is 9.41. The number of H-pyrrole nitrogens is 1. The number of aryl methyl sites for hydroxylation is 1. The molecule has 0 unspecified atom stereocenters. The van der Waals surface area contributed by atoms with Crippen LogP contribution < -0.4 is 9.47 Å². The van der Waals surface area contributed by atoms with Crippen LogP contribution in [0.5, 0.6) is 17.4 Å². The molecule has 4 nitrogen and oxygen atoms in total. The highest BCUT2D eigenvalue weighted by atomic mass is 19.4. The molecule has 0 bridgehead atoms. The van der Waals surface area contributed by atoms with Gasteiger partial charge < -0.3 is 9.47 Å². The summed E-state index contributed by atoms with van der Waals surface area (Å²) in [5, 5.41) is 6.60. The van der Waals surface area contributed by atoms with Crippen LogP contribution in [0, 0.1) is 6.92 Å². The van der Waals surface area contributed by atoms with E-state index in [-0.39, 0.29) is 11.6 Å². The Morgan fingerprint density at radius 1 is 1.20 bits per heavy atom. The molecule has 0 saturated carbocycles. The van der Waals surface area contributed by atoms with Gasteiger partial charge in [-0.05, 0) is 38.1 Å². The number of aromatic amines is 1. The molecular weight excluding hydrogens is 273 g/mol. The van der Waals surface area contributed by atoms with E-state index in [4.69, 9.17) is 9.47 Å². The number of nitrogens with zero attached hydrogens (tertiary/aromatic N) is 1. The Hall–Kier alpha value is -2.18. The lowest BCUT2D eigenvalue weighted by Gasteiger charge is -2.09. The molecule has 0 fully saturated rings. The molecule has 108 valence electrons. The number of halogens is 3. The van der Waals surface area contributed by atoms with Gasteiger partial charge in [-0.15, -0.1) is 5.10 Å². The van der Waals surface area contributed by atoms with Gasteiger partial charge in [0.2, 0.25) is 5.75 Å². The number of nitrogens with one attached hydrogen (secondary N) is 1. The van der Waals surface area contributed by atoms with Gasteiger partial charge in [-0.25, -0.2) is 0 Å². The maximum absolute atomic E-state index is 12.4. The van der Waals surface area contributed by atoms with E-state index in [0.29, 0.717) is 18.1 Å². The van der Waals surface area contributed by atoms with Crippen molar-refractivity contribution in [3.63, 3.8) is 0 Å². The van der Waals surface area contributed by atoms with Crippen molar-refractivity contribution < 1.29 is 22.6 Å². The smallest absolute Gasteiger partial charge is 0.416 e. The van der Waals surface area contributed by atoms with E-state index in [9.17, 15) is 13.2 Å². The van der Waals surface area contributed by atoms with Crippen molar-refractivity contribution in [2.45, 2.75) is 20.0 Å². The predicted octanol–water partition coefficient (Wildman–Crippen LogP) is 3.93. The summed E-state index contributed by atoms with van der Waals surface area (Å²) in [4.78, 5) is 0.